The molecule has 2 aliphatic heterocycles. The molecule has 2 aliphatic rings. The first-order valence-corrected chi connectivity index (χ1v) is 16.6. The molecule has 2 amide bonds. The standard InChI is InChI=1S/C33H36ClN4O6.C2HF3O2/c1-3-36-28-16-27(34)30(44-12-6-11-35-19-23(39)15-24(20-35)42-2)17-29(28)37(18-22-9-13-43-14-10-22)31(36)21-38-32(40)25-7-4-5-8-26(25)33(38)41;3-2(4,5)1(6)7/h4-5,7-8,15-17,19-20,22H,3,6,9-14,18,21H2,1-2H3;(H,6,7)/q+1;/p-1. The summed E-state index contributed by atoms with van der Waals surface area (Å²) in [5.74, 6) is -1.37. The molecule has 0 unspecified atom stereocenters. The van der Waals surface area contributed by atoms with Gasteiger partial charge in [0.2, 0.25) is 6.20 Å². The van der Waals surface area contributed by atoms with E-state index in [1.54, 1.807) is 35.0 Å². The molecule has 2 aromatic carbocycles. The highest BCUT2D eigenvalue weighted by molar-refractivity contribution is 6.32. The number of rotatable bonds is 11. The summed E-state index contributed by atoms with van der Waals surface area (Å²) >= 11 is 6.77. The molecule has 6 rings (SSSR count). The molecule has 0 aliphatic carbocycles. The van der Waals surface area contributed by atoms with Crippen molar-refractivity contribution in [1.82, 2.24) is 9.47 Å². The predicted octanol–water partition coefficient (Wildman–Crippen LogP) is 2.96. The summed E-state index contributed by atoms with van der Waals surface area (Å²) in [5, 5.41) is 21.2. The minimum absolute atomic E-state index is 0.120. The molecule has 4 aromatic rings. The second kappa shape index (κ2) is 16.0. The van der Waals surface area contributed by atoms with Crippen LogP contribution in [0.3, 0.4) is 0 Å². The Balaban J connectivity index is 0.000000654. The van der Waals surface area contributed by atoms with Gasteiger partial charge in [-0.1, -0.05) is 23.7 Å². The van der Waals surface area contributed by atoms with Crippen molar-refractivity contribution >= 4 is 40.4 Å². The highest BCUT2D eigenvalue weighted by Crippen LogP contribution is 2.32. The molecule has 0 N–H and O–H groups in total. The summed E-state index contributed by atoms with van der Waals surface area (Å²) in [5.41, 5.74) is 2.72. The molecule has 1 fully saturated rings. The number of carboxylic acid groups (broad SMARTS) is 1. The van der Waals surface area contributed by atoms with Crippen LogP contribution in [0.1, 0.15) is 52.7 Å². The number of hydrogen-bond donors (Lipinski definition) is 0. The summed E-state index contributed by atoms with van der Waals surface area (Å²) in [6.45, 7) is 5.93. The Morgan fingerprint density at radius 2 is 1.73 bits per heavy atom. The van der Waals surface area contributed by atoms with Crippen molar-refractivity contribution in [2.24, 2.45) is 5.92 Å². The number of imidazole rings is 1. The number of imide groups is 1. The minimum Gasteiger partial charge on any atom is -0.868 e. The second-order valence-corrected chi connectivity index (χ2v) is 12.4. The van der Waals surface area contributed by atoms with E-state index in [-0.39, 0.29) is 24.1 Å². The monoisotopic (exact) mass is 732 g/mol. The number of fused-ring (bicyclic) bond motifs is 2. The van der Waals surface area contributed by atoms with E-state index in [4.69, 9.17) is 35.7 Å². The van der Waals surface area contributed by atoms with Crippen molar-refractivity contribution in [3.8, 4) is 17.2 Å². The van der Waals surface area contributed by atoms with Crippen molar-refractivity contribution < 1.29 is 61.1 Å². The zero-order valence-electron chi connectivity index (χ0n) is 27.9. The molecule has 16 heteroatoms. The Bertz CT molecular complexity index is 1890. The van der Waals surface area contributed by atoms with E-state index in [9.17, 15) is 27.9 Å². The van der Waals surface area contributed by atoms with Crippen LogP contribution in [0.15, 0.2) is 54.9 Å². The van der Waals surface area contributed by atoms with E-state index in [1.165, 1.54) is 24.3 Å². The number of carbonyl (C=O) groups excluding carboxylic acids is 3. The van der Waals surface area contributed by atoms with Gasteiger partial charge in [-0.3, -0.25) is 14.5 Å². The molecule has 4 heterocycles. The van der Waals surface area contributed by atoms with Gasteiger partial charge in [-0.2, -0.15) is 13.2 Å². The average Bonchev–Trinajstić information content (AvgIpc) is 3.51. The van der Waals surface area contributed by atoms with E-state index in [1.807, 2.05) is 19.1 Å². The number of pyridine rings is 1. The number of alkyl halides is 3. The van der Waals surface area contributed by atoms with Gasteiger partial charge in [-0.05, 0) is 43.7 Å². The van der Waals surface area contributed by atoms with Crippen LogP contribution in [-0.2, 0) is 35.7 Å². The van der Waals surface area contributed by atoms with Gasteiger partial charge in [0.15, 0.2) is 29.5 Å². The molecule has 1 saturated heterocycles. The number of benzene rings is 2. The number of halogens is 4. The Hall–Kier alpha value is -4.89. The van der Waals surface area contributed by atoms with Gasteiger partial charge >= 0.3 is 6.18 Å². The third-order valence-electron chi connectivity index (χ3n) is 8.67. The van der Waals surface area contributed by atoms with Gasteiger partial charge in [0.25, 0.3) is 17.6 Å². The first-order valence-electron chi connectivity index (χ1n) is 16.3. The van der Waals surface area contributed by atoms with Gasteiger partial charge in [-0.25, -0.2) is 13.7 Å². The first kappa shape index (κ1) is 37.4. The van der Waals surface area contributed by atoms with Crippen molar-refractivity contribution in [2.75, 3.05) is 26.9 Å². The van der Waals surface area contributed by atoms with Gasteiger partial charge in [0.05, 0.1) is 43.0 Å². The van der Waals surface area contributed by atoms with Crippen LogP contribution in [0.4, 0.5) is 13.2 Å². The van der Waals surface area contributed by atoms with Gasteiger partial charge in [0, 0.05) is 37.7 Å². The number of methoxy groups -OCH3 is 1. The fraction of sp³-hybridized carbons (Fsp3) is 0.400. The minimum atomic E-state index is -5.19. The van der Waals surface area contributed by atoms with Crippen molar-refractivity contribution in [3.63, 3.8) is 0 Å². The predicted molar refractivity (Wildman–Crippen MR) is 171 cm³/mol. The van der Waals surface area contributed by atoms with Crippen LogP contribution in [0.5, 0.6) is 17.2 Å². The topological polar surface area (TPSA) is 141 Å². The SMILES string of the molecule is CCn1c(CN2C(=O)c3ccccc3C2=O)[n+](CC2CCOCC2)c2cc(OCCC[n+]3cc([O-])cc(OC)c3)c(Cl)cc21.O=C([O-])C(F)(F)F. The zero-order chi connectivity index (χ0) is 36.9. The summed E-state index contributed by atoms with van der Waals surface area (Å²) in [7, 11) is 1.53. The van der Waals surface area contributed by atoms with Crippen molar-refractivity contribution in [3.05, 3.63) is 76.8 Å². The van der Waals surface area contributed by atoms with Crippen LogP contribution in [-0.4, -0.2) is 60.4 Å². The lowest BCUT2D eigenvalue weighted by atomic mass is 10.0. The lowest BCUT2D eigenvalue weighted by molar-refractivity contribution is -0.699. The normalized spacial score (nSPS) is 14.7. The zero-order valence-corrected chi connectivity index (χ0v) is 28.7. The van der Waals surface area contributed by atoms with Crippen LogP contribution in [0.2, 0.25) is 5.02 Å². The third kappa shape index (κ3) is 8.53. The van der Waals surface area contributed by atoms with E-state index in [0.717, 1.165) is 36.2 Å². The summed E-state index contributed by atoms with van der Waals surface area (Å²) in [4.78, 5) is 36.8. The third-order valence-corrected chi connectivity index (χ3v) is 8.96. The average molecular weight is 733 g/mol. The maximum Gasteiger partial charge on any atom is 0.430 e. The number of aryl methyl sites for hydroxylation is 2. The molecule has 0 saturated carbocycles. The number of nitrogens with zero attached hydrogens (tertiary/aromatic N) is 4. The van der Waals surface area contributed by atoms with Crippen molar-refractivity contribution in [1.29, 1.82) is 0 Å². The Labute approximate surface area is 296 Å². The van der Waals surface area contributed by atoms with E-state index >= 15 is 0 Å². The van der Waals surface area contributed by atoms with Crippen LogP contribution < -0.4 is 28.8 Å². The number of hydrogen-bond acceptors (Lipinski definition) is 8. The van der Waals surface area contributed by atoms with Crippen molar-refractivity contribution in [2.45, 2.75) is 58.5 Å². The number of ether oxygens (including phenoxy) is 3. The van der Waals surface area contributed by atoms with Crippen LogP contribution in [0.25, 0.3) is 11.0 Å². The number of aromatic nitrogens is 3. The molecule has 0 spiro atoms. The summed E-state index contributed by atoms with van der Waals surface area (Å²) in [6.07, 6.45) is 0.631. The molecular weight excluding hydrogens is 697 g/mol. The number of carbonyl (C=O) groups is 3. The molecule has 0 bridgehead atoms. The number of carboxylic acids is 1. The Kier molecular flexibility index (Phi) is 11.7. The fourth-order valence-corrected chi connectivity index (χ4v) is 6.40. The van der Waals surface area contributed by atoms with Crippen LogP contribution >= 0.6 is 11.6 Å². The molecule has 12 nitrogen and oxygen atoms in total. The second-order valence-electron chi connectivity index (χ2n) is 12.0. The summed E-state index contributed by atoms with van der Waals surface area (Å²) in [6, 6.07) is 12.3. The van der Waals surface area contributed by atoms with Crippen LogP contribution in [0, 0.1) is 5.92 Å². The Morgan fingerprint density at radius 1 is 1.08 bits per heavy atom. The molecule has 0 atom stereocenters. The quantitative estimate of drug-likeness (QED) is 0.130. The van der Waals surface area contributed by atoms with E-state index in [0.29, 0.717) is 72.9 Å². The highest BCUT2D eigenvalue weighted by Gasteiger charge is 2.39. The fourth-order valence-electron chi connectivity index (χ4n) is 6.19. The lowest BCUT2D eigenvalue weighted by Gasteiger charge is -2.21. The molecule has 51 heavy (non-hydrogen) atoms. The molecule has 272 valence electrons. The maximum atomic E-state index is 13.3. The van der Waals surface area contributed by atoms with E-state index in [2.05, 4.69) is 9.13 Å². The van der Waals surface area contributed by atoms with Gasteiger partial charge in [-0.15, -0.1) is 0 Å². The smallest absolute Gasteiger partial charge is 0.430 e. The molecule has 0 radical (unpaired) electrons. The largest absolute Gasteiger partial charge is 0.868 e. The lowest BCUT2D eigenvalue weighted by Crippen LogP contribution is -2.45. The highest BCUT2D eigenvalue weighted by atomic mass is 35.5. The first-order chi connectivity index (χ1) is 24.3. The van der Waals surface area contributed by atoms with Gasteiger partial charge in [0.1, 0.15) is 18.3 Å². The Morgan fingerprint density at radius 3 is 2.31 bits per heavy atom. The summed E-state index contributed by atoms with van der Waals surface area (Å²) < 4.78 is 54.7. The molecule has 2 aromatic heterocycles. The number of aliphatic carboxylic acids is 1. The number of amides is 2. The van der Waals surface area contributed by atoms with E-state index < -0.39 is 12.1 Å². The molecular formula is C35H36ClF3N4O8. The maximum absolute atomic E-state index is 13.3. The van der Waals surface area contributed by atoms with Gasteiger partial charge < -0.3 is 29.2 Å².